The summed E-state index contributed by atoms with van der Waals surface area (Å²) in [5.41, 5.74) is 0.514. The highest BCUT2D eigenvalue weighted by atomic mass is 32.2. The van der Waals surface area contributed by atoms with Crippen molar-refractivity contribution in [3.63, 3.8) is 0 Å². The molecule has 0 heterocycles. The van der Waals surface area contributed by atoms with Crippen LogP contribution in [0.1, 0.15) is 107 Å². The summed E-state index contributed by atoms with van der Waals surface area (Å²) < 4.78 is 9.55. The van der Waals surface area contributed by atoms with Gasteiger partial charge in [-0.05, 0) is 37.5 Å². The zero-order valence-corrected chi connectivity index (χ0v) is 21.7. The van der Waals surface area contributed by atoms with Crippen LogP contribution < -0.4 is 0 Å². The monoisotopic (exact) mass is 480 g/mol. The number of hydrogen-bond acceptors (Lipinski definition) is 6. The van der Waals surface area contributed by atoms with Gasteiger partial charge >= 0.3 is 11.9 Å². The maximum Gasteiger partial charge on any atom is 0.337 e. The van der Waals surface area contributed by atoms with E-state index >= 15 is 0 Å². The summed E-state index contributed by atoms with van der Waals surface area (Å²) in [6, 6.07) is 7.36. The zero-order chi connectivity index (χ0) is 24.3. The average molecular weight is 481 g/mol. The molecule has 6 heteroatoms. The lowest BCUT2D eigenvalue weighted by molar-refractivity contribution is -0.140. The van der Waals surface area contributed by atoms with Gasteiger partial charge in [-0.3, -0.25) is 4.79 Å². The quantitative estimate of drug-likeness (QED) is 0.131. The van der Waals surface area contributed by atoms with E-state index in [0.717, 1.165) is 43.4 Å². The predicted octanol–water partition coefficient (Wildman–Crippen LogP) is 6.95. The highest BCUT2D eigenvalue weighted by Gasteiger charge is 2.21. The van der Waals surface area contributed by atoms with E-state index in [0.29, 0.717) is 12.0 Å². The molecule has 0 amide bonds. The number of esters is 2. The molecule has 0 aliphatic carbocycles. The van der Waals surface area contributed by atoms with Gasteiger partial charge in [-0.25, -0.2) is 4.79 Å². The van der Waals surface area contributed by atoms with Gasteiger partial charge in [0.1, 0.15) is 0 Å². The van der Waals surface area contributed by atoms with Gasteiger partial charge in [0.15, 0.2) is 0 Å². The second kappa shape index (κ2) is 18.8. The molecule has 0 aliphatic heterocycles. The summed E-state index contributed by atoms with van der Waals surface area (Å²) in [6.45, 7) is 2.24. The minimum absolute atomic E-state index is 0.0181. The van der Waals surface area contributed by atoms with Crippen LogP contribution in [0.15, 0.2) is 29.2 Å². The Morgan fingerprint density at radius 2 is 1.52 bits per heavy atom. The highest BCUT2D eigenvalue weighted by molar-refractivity contribution is 8.00. The van der Waals surface area contributed by atoms with Crippen molar-refractivity contribution in [2.24, 2.45) is 0 Å². The van der Waals surface area contributed by atoms with Crippen molar-refractivity contribution in [3.8, 4) is 0 Å². The molecule has 1 aromatic rings. The van der Waals surface area contributed by atoms with Crippen LogP contribution in [0.3, 0.4) is 0 Å². The van der Waals surface area contributed by atoms with Gasteiger partial charge in [0.05, 0.1) is 25.9 Å². The minimum Gasteiger partial charge on any atom is -0.469 e. The number of aliphatic hydroxyl groups excluding tert-OH is 1. The maximum atomic E-state index is 11.9. The molecule has 33 heavy (non-hydrogen) atoms. The number of aliphatic hydroxyl groups is 1. The fourth-order valence-electron chi connectivity index (χ4n) is 3.89. The van der Waals surface area contributed by atoms with Crippen molar-refractivity contribution < 1.29 is 24.2 Å². The van der Waals surface area contributed by atoms with E-state index in [2.05, 4.69) is 6.92 Å². The van der Waals surface area contributed by atoms with Crippen LogP contribution in [-0.4, -0.2) is 42.6 Å². The first kappa shape index (κ1) is 29.5. The van der Waals surface area contributed by atoms with Gasteiger partial charge in [0.2, 0.25) is 0 Å². The van der Waals surface area contributed by atoms with E-state index in [4.69, 9.17) is 9.47 Å². The van der Waals surface area contributed by atoms with E-state index in [1.807, 2.05) is 18.2 Å². The Kier molecular flexibility index (Phi) is 16.8. The number of hydrogen-bond donors (Lipinski definition) is 1. The zero-order valence-electron chi connectivity index (χ0n) is 20.9. The van der Waals surface area contributed by atoms with Gasteiger partial charge in [-0.1, -0.05) is 77.2 Å². The van der Waals surface area contributed by atoms with E-state index < -0.39 is 6.10 Å². The molecule has 0 unspecified atom stereocenters. The Morgan fingerprint density at radius 1 is 0.879 bits per heavy atom. The molecule has 1 aromatic carbocycles. The molecular formula is C27H44O5S. The summed E-state index contributed by atoms with van der Waals surface area (Å²) >= 11 is 1.61. The number of ether oxygens (including phenoxy) is 2. The van der Waals surface area contributed by atoms with E-state index in [9.17, 15) is 14.7 Å². The van der Waals surface area contributed by atoms with Gasteiger partial charge < -0.3 is 14.6 Å². The number of rotatable bonds is 19. The third-order valence-electron chi connectivity index (χ3n) is 5.92. The van der Waals surface area contributed by atoms with Crippen molar-refractivity contribution in [1.29, 1.82) is 0 Å². The molecule has 0 radical (unpaired) electrons. The Labute approximate surface area is 205 Å². The highest BCUT2D eigenvalue weighted by Crippen LogP contribution is 2.32. The van der Waals surface area contributed by atoms with Crippen LogP contribution in [0.2, 0.25) is 0 Å². The molecule has 1 N–H and O–H groups in total. The Bertz CT molecular complexity index is 664. The van der Waals surface area contributed by atoms with Crippen LogP contribution in [0.5, 0.6) is 0 Å². The Hall–Kier alpha value is -1.53. The van der Waals surface area contributed by atoms with Gasteiger partial charge in [0, 0.05) is 16.6 Å². The second-order valence-corrected chi connectivity index (χ2v) is 9.99. The third-order valence-corrected chi connectivity index (χ3v) is 7.30. The van der Waals surface area contributed by atoms with Crippen molar-refractivity contribution in [1.82, 2.24) is 0 Å². The number of carbonyl (C=O) groups is 2. The maximum absolute atomic E-state index is 11.9. The molecule has 1 rings (SSSR count). The van der Waals surface area contributed by atoms with Gasteiger partial charge in [-0.2, -0.15) is 0 Å². The fraction of sp³-hybridized carbons (Fsp3) is 0.704. The van der Waals surface area contributed by atoms with Gasteiger partial charge in [-0.15, -0.1) is 11.8 Å². The molecule has 188 valence electrons. The molecule has 2 atom stereocenters. The van der Waals surface area contributed by atoms with E-state index in [1.54, 1.807) is 17.8 Å². The topological polar surface area (TPSA) is 72.8 Å². The molecule has 0 spiro atoms. The normalized spacial score (nSPS) is 12.8. The van der Waals surface area contributed by atoms with Crippen molar-refractivity contribution in [2.75, 3.05) is 14.2 Å². The number of thioether (sulfide) groups is 1. The molecule has 0 aliphatic rings. The third kappa shape index (κ3) is 13.7. The van der Waals surface area contributed by atoms with Crippen LogP contribution in [0.4, 0.5) is 0 Å². The van der Waals surface area contributed by atoms with Crippen LogP contribution >= 0.6 is 11.8 Å². The lowest BCUT2D eigenvalue weighted by Crippen LogP contribution is -2.23. The Morgan fingerprint density at radius 3 is 2.15 bits per heavy atom. The summed E-state index contributed by atoms with van der Waals surface area (Å²) in [5.74, 6) is -0.553. The predicted molar refractivity (Wildman–Crippen MR) is 136 cm³/mol. The largest absolute Gasteiger partial charge is 0.469 e. The second-order valence-electron chi connectivity index (χ2n) is 8.68. The number of benzene rings is 1. The molecular weight excluding hydrogens is 436 g/mol. The first-order valence-corrected chi connectivity index (χ1v) is 13.5. The lowest BCUT2D eigenvalue weighted by Gasteiger charge is -2.23. The molecule has 0 fully saturated rings. The molecule has 0 aromatic heterocycles. The van der Waals surface area contributed by atoms with Gasteiger partial charge in [0.25, 0.3) is 0 Å². The summed E-state index contributed by atoms with van der Waals surface area (Å²) in [4.78, 5) is 24.2. The number of methoxy groups -OCH3 is 2. The number of unbranched alkanes of at least 4 members (excludes halogenated alkanes) is 9. The van der Waals surface area contributed by atoms with E-state index in [1.165, 1.54) is 59.2 Å². The van der Waals surface area contributed by atoms with Crippen molar-refractivity contribution >= 4 is 23.7 Å². The van der Waals surface area contributed by atoms with Crippen LogP contribution in [-0.2, 0) is 14.3 Å². The summed E-state index contributed by atoms with van der Waals surface area (Å²) in [7, 11) is 2.78. The average Bonchev–Trinajstić information content (AvgIpc) is 2.84. The van der Waals surface area contributed by atoms with Crippen molar-refractivity contribution in [3.05, 3.63) is 29.8 Å². The fourth-order valence-corrected chi connectivity index (χ4v) is 5.17. The first-order chi connectivity index (χ1) is 16.0. The molecule has 5 nitrogen and oxygen atoms in total. The van der Waals surface area contributed by atoms with Crippen LogP contribution in [0.25, 0.3) is 0 Å². The summed E-state index contributed by atoms with van der Waals surface area (Å²) in [6.07, 6.45) is 14.5. The molecule has 0 saturated carbocycles. The molecule has 0 bridgehead atoms. The Balaban J connectivity index is 2.53. The first-order valence-electron chi connectivity index (χ1n) is 12.6. The van der Waals surface area contributed by atoms with Crippen molar-refractivity contribution in [2.45, 2.75) is 113 Å². The SMILES string of the molecule is CCCCCCCCCCC[C@@H](O)[C@H](CCCCC(=O)OC)Sc1cccc(C(=O)OC)c1. The van der Waals surface area contributed by atoms with Crippen LogP contribution in [0, 0.1) is 0 Å². The lowest BCUT2D eigenvalue weighted by atomic mass is 10.0. The summed E-state index contributed by atoms with van der Waals surface area (Å²) in [5, 5.41) is 11.0. The smallest absolute Gasteiger partial charge is 0.337 e. The minimum atomic E-state index is -0.417. The van der Waals surface area contributed by atoms with E-state index in [-0.39, 0.29) is 17.2 Å². The molecule has 0 saturated heterocycles. The number of carbonyl (C=O) groups excluding carboxylic acids is 2. The standard InChI is InChI=1S/C27H44O5S/c1-4-5-6-7-8-9-10-11-12-18-24(28)25(19-13-14-20-26(29)31-2)33-23-17-15-16-22(21-23)27(30)32-3/h15-17,21,24-25,28H,4-14,18-20H2,1-3H3/t24-,25+/m1/s1.